The van der Waals surface area contributed by atoms with Crippen molar-refractivity contribution in [2.24, 2.45) is 0 Å². The summed E-state index contributed by atoms with van der Waals surface area (Å²) in [6, 6.07) is 3.44. The molecule has 0 bridgehead atoms. The maximum atomic E-state index is 11.5. The van der Waals surface area contributed by atoms with Crippen molar-refractivity contribution in [1.29, 1.82) is 0 Å². The molecular formula is C9H13NO8P2S. The van der Waals surface area contributed by atoms with Gasteiger partial charge in [0.05, 0.1) is 4.92 Å². The van der Waals surface area contributed by atoms with E-state index in [1.165, 1.54) is 13.0 Å². The highest BCUT2D eigenvalue weighted by Gasteiger charge is 2.57. The molecule has 1 rings (SSSR count). The fraction of sp³-hybridized carbons (Fsp3) is 0.333. The van der Waals surface area contributed by atoms with Crippen LogP contribution in [0.25, 0.3) is 0 Å². The number of non-ortho nitro benzene ring substituents is 1. The second kappa shape index (κ2) is 5.81. The number of benzene rings is 1. The van der Waals surface area contributed by atoms with Gasteiger partial charge in [-0.25, -0.2) is 0 Å². The predicted octanol–water partition coefficient (Wildman–Crippen LogP) is 2.02. The fourth-order valence-electron chi connectivity index (χ4n) is 1.36. The zero-order chi connectivity index (χ0) is 16.6. The third kappa shape index (κ3) is 3.73. The van der Waals surface area contributed by atoms with Crippen LogP contribution in [0.2, 0.25) is 0 Å². The Bertz CT molecular complexity index is 644. The van der Waals surface area contributed by atoms with Crippen LogP contribution in [0.4, 0.5) is 5.69 Å². The van der Waals surface area contributed by atoms with Gasteiger partial charge in [-0.3, -0.25) is 19.2 Å². The minimum absolute atomic E-state index is 0.134. The zero-order valence-electron chi connectivity index (χ0n) is 10.9. The smallest absolute Gasteiger partial charge is 0.323 e. The third-order valence-corrected chi connectivity index (χ3v) is 9.52. The summed E-state index contributed by atoms with van der Waals surface area (Å²) in [6.07, 6.45) is 0. The number of nitrogens with zero attached hydrogens (tertiary/aromatic N) is 1. The largest absolute Gasteiger partial charge is 0.353 e. The minimum Gasteiger partial charge on any atom is -0.323 e. The van der Waals surface area contributed by atoms with E-state index in [0.29, 0.717) is 11.8 Å². The fourth-order valence-corrected chi connectivity index (χ4v) is 5.03. The first kappa shape index (κ1) is 18.3. The van der Waals surface area contributed by atoms with E-state index in [0.717, 1.165) is 19.1 Å². The van der Waals surface area contributed by atoms with Crippen LogP contribution in [0.1, 0.15) is 12.5 Å². The second-order valence-electron chi connectivity index (χ2n) is 4.33. The normalized spacial score (nSPS) is 13.2. The number of hydrogen-bond acceptors (Lipinski definition) is 5. The van der Waals surface area contributed by atoms with Crippen LogP contribution in [-0.2, 0) is 9.13 Å². The number of aryl methyl sites for hydroxylation is 1. The Morgan fingerprint density at radius 3 is 2.00 bits per heavy atom. The van der Waals surface area contributed by atoms with E-state index < -0.39 is 24.3 Å². The SMILES string of the molecule is Cc1cc([N+](=O)[O-])ccc1SC(C)(P(=O)(O)O)P(=O)(O)O. The van der Waals surface area contributed by atoms with Crippen molar-refractivity contribution < 1.29 is 33.6 Å². The van der Waals surface area contributed by atoms with E-state index in [4.69, 9.17) is 0 Å². The van der Waals surface area contributed by atoms with E-state index in [1.54, 1.807) is 0 Å². The number of nitro groups is 1. The molecule has 0 unspecified atom stereocenters. The van der Waals surface area contributed by atoms with E-state index in [9.17, 15) is 38.8 Å². The monoisotopic (exact) mass is 357 g/mol. The van der Waals surface area contributed by atoms with Gasteiger partial charge in [-0.2, -0.15) is 0 Å². The molecule has 0 radical (unpaired) electrons. The Morgan fingerprint density at radius 1 is 1.19 bits per heavy atom. The maximum Gasteiger partial charge on any atom is 0.353 e. The molecule has 1 aromatic carbocycles. The Morgan fingerprint density at radius 2 is 1.67 bits per heavy atom. The first-order chi connectivity index (χ1) is 9.29. The highest BCUT2D eigenvalue weighted by atomic mass is 32.2. The van der Waals surface area contributed by atoms with Gasteiger partial charge in [-0.05, 0) is 25.5 Å². The summed E-state index contributed by atoms with van der Waals surface area (Å²) in [7, 11) is -10.3. The van der Waals surface area contributed by atoms with Gasteiger partial charge >= 0.3 is 15.2 Å². The van der Waals surface area contributed by atoms with E-state index in [1.807, 2.05) is 0 Å². The lowest BCUT2D eigenvalue weighted by Crippen LogP contribution is -2.20. The number of rotatable bonds is 5. The average Bonchev–Trinajstić information content (AvgIpc) is 2.28. The summed E-state index contributed by atoms with van der Waals surface area (Å²) < 4.78 is 20.3. The molecule has 0 aromatic heterocycles. The van der Waals surface area contributed by atoms with Gasteiger partial charge in [0.15, 0.2) is 0 Å². The van der Waals surface area contributed by atoms with Gasteiger partial charge in [0, 0.05) is 17.0 Å². The summed E-state index contributed by atoms with van der Waals surface area (Å²) in [5, 5.41) is 10.6. The third-order valence-electron chi connectivity index (χ3n) is 2.75. The van der Waals surface area contributed by atoms with Crippen molar-refractivity contribution in [1.82, 2.24) is 0 Å². The number of thioether (sulfide) groups is 1. The van der Waals surface area contributed by atoms with Crippen molar-refractivity contribution in [3.63, 3.8) is 0 Å². The zero-order valence-corrected chi connectivity index (χ0v) is 13.5. The Kier molecular flexibility index (Phi) is 5.07. The van der Waals surface area contributed by atoms with Crippen molar-refractivity contribution in [3.05, 3.63) is 33.9 Å². The first-order valence-corrected chi connectivity index (χ1v) is 9.39. The highest BCUT2D eigenvalue weighted by molar-refractivity contribution is 8.13. The molecule has 0 aliphatic rings. The van der Waals surface area contributed by atoms with Gasteiger partial charge < -0.3 is 19.6 Å². The van der Waals surface area contributed by atoms with Crippen LogP contribution in [0, 0.1) is 17.0 Å². The summed E-state index contributed by atoms with van der Waals surface area (Å²) in [6.45, 7) is 2.20. The van der Waals surface area contributed by atoms with Gasteiger partial charge in [0.2, 0.25) is 4.23 Å². The van der Waals surface area contributed by atoms with E-state index in [-0.39, 0.29) is 16.1 Å². The second-order valence-corrected chi connectivity index (χ2v) is 10.7. The lowest BCUT2D eigenvalue weighted by atomic mass is 10.2. The summed E-state index contributed by atoms with van der Waals surface area (Å²) in [4.78, 5) is 47.1. The van der Waals surface area contributed by atoms with Crippen molar-refractivity contribution in [2.45, 2.75) is 23.0 Å². The summed E-state index contributed by atoms with van der Waals surface area (Å²) in [5.41, 5.74) is 0.0493. The average molecular weight is 357 g/mol. The molecule has 12 heteroatoms. The number of nitro benzene ring substituents is 1. The van der Waals surface area contributed by atoms with Gasteiger partial charge in [0.1, 0.15) is 0 Å². The molecule has 21 heavy (non-hydrogen) atoms. The van der Waals surface area contributed by atoms with Gasteiger partial charge in [-0.15, -0.1) is 0 Å². The molecule has 0 atom stereocenters. The van der Waals surface area contributed by atoms with E-state index in [2.05, 4.69) is 0 Å². The van der Waals surface area contributed by atoms with Crippen molar-refractivity contribution >= 4 is 32.6 Å². The minimum atomic E-state index is -5.16. The van der Waals surface area contributed by atoms with E-state index >= 15 is 0 Å². The molecule has 118 valence electrons. The van der Waals surface area contributed by atoms with Crippen LogP contribution >= 0.6 is 27.0 Å². The quantitative estimate of drug-likeness (QED) is 0.268. The lowest BCUT2D eigenvalue weighted by molar-refractivity contribution is -0.385. The highest BCUT2D eigenvalue weighted by Crippen LogP contribution is 2.75. The number of hydrogen-bond donors (Lipinski definition) is 4. The summed E-state index contributed by atoms with van der Waals surface area (Å²) >= 11 is 0.303. The Balaban J connectivity index is 3.33. The maximum absolute atomic E-state index is 11.5. The Hall–Kier alpha value is -0.730. The molecular weight excluding hydrogens is 344 g/mol. The molecule has 4 N–H and O–H groups in total. The molecule has 0 aliphatic carbocycles. The molecule has 0 heterocycles. The lowest BCUT2D eigenvalue weighted by Gasteiger charge is -2.30. The molecule has 0 saturated carbocycles. The molecule has 0 aliphatic heterocycles. The molecule has 0 fully saturated rings. The molecule has 9 nitrogen and oxygen atoms in total. The predicted molar refractivity (Wildman–Crippen MR) is 76.2 cm³/mol. The Labute approximate surface area is 123 Å². The molecule has 0 saturated heterocycles. The standard InChI is InChI=1S/C9H13NO8P2S/c1-6-5-7(10(11)12)3-4-8(6)21-9(2,19(13,14)15)20(16,17)18/h3-5H,1-2H3,(H2,13,14,15)(H2,16,17,18). The van der Waals surface area contributed by atoms with Crippen molar-refractivity contribution in [2.75, 3.05) is 0 Å². The van der Waals surface area contributed by atoms with Crippen LogP contribution in [0.15, 0.2) is 23.1 Å². The van der Waals surface area contributed by atoms with Crippen LogP contribution in [-0.4, -0.2) is 28.7 Å². The first-order valence-electron chi connectivity index (χ1n) is 5.35. The van der Waals surface area contributed by atoms with Crippen LogP contribution in [0.3, 0.4) is 0 Å². The summed E-state index contributed by atoms with van der Waals surface area (Å²) in [5.74, 6) is 0. The van der Waals surface area contributed by atoms with Crippen molar-refractivity contribution in [3.8, 4) is 0 Å². The molecule has 0 amide bonds. The topological polar surface area (TPSA) is 158 Å². The van der Waals surface area contributed by atoms with Crippen LogP contribution in [0.5, 0.6) is 0 Å². The molecule has 0 spiro atoms. The van der Waals surface area contributed by atoms with Crippen LogP contribution < -0.4 is 0 Å². The van der Waals surface area contributed by atoms with Gasteiger partial charge in [-0.1, -0.05) is 11.8 Å². The van der Waals surface area contributed by atoms with Gasteiger partial charge in [0.25, 0.3) is 5.69 Å². The molecule has 1 aromatic rings.